The summed E-state index contributed by atoms with van der Waals surface area (Å²) < 4.78 is 17.6. The number of Topliss-reactive ketones (excluding diaryl/α,β-unsaturated/α-hetero) is 1. The maximum atomic E-state index is 13.6. The molecule has 0 saturated carbocycles. The number of nitrogens with one attached hydrogen (secondary N) is 1. The summed E-state index contributed by atoms with van der Waals surface area (Å²) in [6.45, 7) is 8.03. The van der Waals surface area contributed by atoms with Gasteiger partial charge in [-0.3, -0.25) is 9.59 Å². The van der Waals surface area contributed by atoms with Crippen molar-refractivity contribution < 1.29 is 23.8 Å². The molecule has 3 unspecified atom stereocenters. The Morgan fingerprint density at radius 1 is 0.943 bits per heavy atom. The molecule has 3 atom stereocenters. The first kappa shape index (κ1) is 24.8. The summed E-state index contributed by atoms with van der Waals surface area (Å²) in [6.07, 6.45) is 2.16. The maximum Gasteiger partial charge on any atom is 0.225 e. The van der Waals surface area contributed by atoms with Crippen molar-refractivity contribution in [3.63, 3.8) is 0 Å². The average Bonchev–Trinajstić information content (AvgIpc) is 2.83. The highest BCUT2D eigenvalue weighted by Crippen LogP contribution is 2.45. The zero-order chi connectivity index (χ0) is 25.1. The Bertz CT molecular complexity index is 1140. The predicted molar refractivity (Wildman–Crippen MR) is 135 cm³/mol. The van der Waals surface area contributed by atoms with Gasteiger partial charge in [-0.2, -0.15) is 0 Å². The first-order valence-electron chi connectivity index (χ1n) is 12.5. The van der Waals surface area contributed by atoms with E-state index in [1.165, 1.54) is 0 Å². The summed E-state index contributed by atoms with van der Waals surface area (Å²) in [5.74, 6) is 1.72. The number of hydrogen-bond donors (Lipinski definition) is 1. The fourth-order valence-electron chi connectivity index (χ4n) is 4.93. The number of ketones is 1. The molecule has 1 aliphatic carbocycles. The van der Waals surface area contributed by atoms with Crippen molar-refractivity contribution in [2.75, 3.05) is 7.11 Å². The lowest BCUT2D eigenvalue weighted by Crippen LogP contribution is -2.38. The number of carbonyl (C=O) groups is 2. The fourth-order valence-corrected chi connectivity index (χ4v) is 4.93. The molecule has 6 heteroatoms. The van der Waals surface area contributed by atoms with Gasteiger partial charge in [0.15, 0.2) is 17.3 Å². The van der Waals surface area contributed by atoms with E-state index in [-0.39, 0.29) is 42.2 Å². The molecule has 0 aromatic heterocycles. The second-order valence-corrected chi connectivity index (χ2v) is 9.68. The van der Waals surface area contributed by atoms with E-state index < -0.39 is 0 Å². The largest absolute Gasteiger partial charge is 0.493 e. The van der Waals surface area contributed by atoms with E-state index in [9.17, 15) is 9.59 Å². The summed E-state index contributed by atoms with van der Waals surface area (Å²) in [5, 5.41) is 3.01. The number of para-hydroxylation sites is 1. The maximum absolute atomic E-state index is 13.6. The molecule has 4 rings (SSSR count). The summed E-state index contributed by atoms with van der Waals surface area (Å²) >= 11 is 0. The van der Waals surface area contributed by atoms with Crippen molar-refractivity contribution in [1.29, 1.82) is 0 Å². The SMILES string of the molecule is CCC(C)Oc1ccccc1C1CC(=O)NC2=C1C(=O)CC(c1ccc(OC(C)C)c(OC)c1)C2. The summed E-state index contributed by atoms with van der Waals surface area (Å²) in [6, 6.07) is 13.6. The quantitative estimate of drug-likeness (QED) is 0.531. The van der Waals surface area contributed by atoms with Crippen molar-refractivity contribution in [1.82, 2.24) is 5.32 Å². The molecular formula is C29H35NO5. The number of carbonyl (C=O) groups excluding carboxylic acids is 2. The van der Waals surface area contributed by atoms with Gasteiger partial charge < -0.3 is 19.5 Å². The Kier molecular flexibility index (Phi) is 7.48. The molecular weight excluding hydrogens is 442 g/mol. The molecule has 0 fully saturated rings. The number of benzene rings is 2. The average molecular weight is 478 g/mol. The number of allylic oxidation sites excluding steroid dienone is 2. The van der Waals surface area contributed by atoms with E-state index in [0.29, 0.717) is 29.9 Å². The molecule has 0 saturated heterocycles. The lowest BCUT2D eigenvalue weighted by molar-refractivity contribution is -0.122. The highest BCUT2D eigenvalue weighted by Gasteiger charge is 2.39. The molecule has 6 nitrogen and oxygen atoms in total. The van der Waals surface area contributed by atoms with Gasteiger partial charge in [0, 0.05) is 35.6 Å². The molecule has 186 valence electrons. The monoisotopic (exact) mass is 477 g/mol. The molecule has 1 heterocycles. The Morgan fingerprint density at radius 2 is 1.71 bits per heavy atom. The van der Waals surface area contributed by atoms with Crippen LogP contribution in [0.3, 0.4) is 0 Å². The van der Waals surface area contributed by atoms with Crippen LogP contribution in [0.4, 0.5) is 0 Å². The van der Waals surface area contributed by atoms with Crippen molar-refractivity contribution in [2.45, 2.75) is 77.4 Å². The summed E-state index contributed by atoms with van der Waals surface area (Å²) in [5.41, 5.74) is 3.34. The molecule has 0 bridgehead atoms. The van der Waals surface area contributed by atoms with E-state index in [1.807, 2.05) is 63.2 Å². The third-order valence-corrected chi connectivity index (χ3v) is 6.76. The van der Waals surface area contributed by atoms with Gasteiger partial charge >= 0.3 is 0 Å². The van der Waals surface area contributed by atoms with E-state index >= 15 is 0 Å². The summed E-state index contributed by atoms with van der Waals surface area (Å²) in [4.78, 5) is 26.3. The first-order valence-corrected chi connectivity index (χ1v) is 12.5. The number of ether oxygens (including phenoxy) is 3. The molecule has 2 aromatic rings. The molecule has 1 amide bonds. The van der Waals surface area contributed by atoms with Crippen LogP contribution in [0.25, 0.3) is 0 Å². The van der Waals surface area contributed by atoms with Crippen LogP contribution in [0.2, 0.25) is 0 Å². The molecule has 35 heavy (non-hydrogen) atoms. The van der Waals surface area contributed by atoms with E-state index in [2.05, 4.69) is 12.2 Å². The van der Waals surface area contributed by atoms with E-state index in [0.717, 1.165) is 29.0 Å². The Morgan fingerprint density at radius 3 is 2.43 bits per heavy atom. The van der Waals surface area contributed by atoms with Crippen molar-refractivity contribution in [3.05, 3.63) is 64.9 Å². The van der Waals surface area contributed by atoms with Crippen molar-refractivity contribution in [2.24, 2.45) is 0 Å². The van der Waals surface area contributed by atoms with Gasteiger partial charge in [0.2, 0.25) is 5.91 Å². The smallest absolute Gasteiger partial charge is 0.225 e. The third kappa shape index (κ3) is 5.37. The van der Waals surface area contributed by atoms with Gasteiger partial charge in [-0.05, 0) is 63.3 Å². The van der Waals surface area contributed by atoms with Gasteiger partial charge in [0.25, 0.3) is 0 Å². The first-order chi connectivity index (χ1) is 16.8. The van der Waals surface area contributed by atoms with Crippen LogP contribution in [0, 0.1) is 0 Å². The van der Waals surface area contributed by atoms with Gasteiger partial charge in [-0.25, -0.2) is 0 Å². The number of methoxy groups -OCH3 is 1. The molecule has 2 aromatic carbocycles. The minimum Gasteiger partial charge on any atom is -0.493 e. The highest BCUT2D eigenvalue weighted by atomic mass is 16.5. The van der Waals surface area contributed by atoms with Crippen LogP contribution in [-0.2, 0) is 9.59 Å². The third-order valence-electron chi connectivity index (χ3n) is 6.76. The lowest BCUT2D eigenvalue weighted by atomic mass is 9.73. The minimum absolute atomic E-state index is 0.0280. The molecule has 1 aliphatic heterocycles. The van der Waals surface area contributed by atoms with Gasteiger partial charge in [-0.1, -0.05) is 31.2 Å². The predicted octanol–water partition coefficient (Wildman–Crippen LogP) is 5.66. The van der Waals surface area contributed by atoms with Crippen molar-refractivity contribution in [3.8, 4) is 17.2 Å². The second kappa shape index (κ2) is 10.5. The van der Waals surface area contributed by atoms with E-state index in [4.69, 9.17) is 14.2 Å². The highest BCUT2D eigenvalue weighted by molar-refractivity contribution is 6.02. The number of amides is 1. The second-order valence-electron chi connectivity index (χ2n) is 9.68. The number of rotatable bonds is 8. The fraction of sp³-hybridized carbons (Fsp3) is 0.448. The molecule has 0 spiro atoms. The minimum atomic E-state index is -0.302. The van der Waals surface area contributed by atoms with Gasteiger partial charge in [0.05, 0.1) is 19.3 Å². The number of hydrogen-bond acceptors (Lipinski definition) is 5. The van der Waals surface area contributed by atoms with Crippen LogP contribution in [0.5, 0.6) is 17.2 Å². The summed E-state index contributed by atoms with van der Waals surface area (Å²) in [7, 11) is 1.61. The standard InChI is InChI=1S/C29H35NO5/c1-6-18(4)35-25-10-8-7-9-21(25)22-16-28(32)30-23-13-20(14-24(31)29(22)23)19-11-12-26(34-17(2)3)27(15-19)33-5/h7-12,15,17-18,20,22H,6,13-14,16H2,1-5H3,(H,30,32). The Balaban J connectivity index is 1.67. The van der Waals surface area contributed by atoms with Crippen LogP contribution >= 0.6 is 0 Å². The Labute approximate surface area is 207 Å². The lowest BCUT2D eigenvalue weighted by Gasteiger charge is -2.35. The van der Waals surface area contributed by atoms with Crippen LogP contribution in [0.1, 0.15) is 76.3 Å². The zero-order valence-corrected chi connectivity index (χ0v) is 21.2. The molecule has 0 radical (unpaired) electrons. The van der Waals surface area contributed by atoms with Crippen molar-refractivity contribution >= 4 is 11.7 Å². The van der Waals surface area contributed by atoms with Crippen LogP contribution in [0.15, 0.2) is 53.7 Å². The normalized spacial score (nSPS) is 20.9. The topological polar surface area (TPSA) is 73.9 Å². The van der Waals surface area contributed by atoms with Crippen LogP contribution in [-0.4, -0.2) is 31.0 Å². The zero-order valence-electron chi connectivity index (χ0n) is 21.2. The molecule has 1 N–H and O–H groups in total. The molecule has 2 aliphatic rings. The Hall–Kier alpha value is -3.28. The van der Waals surface area contributed by atoms with Gasteiger partial charge in [0.1, 0.15) is 5.75 Å². The van der Waals surface area contributed by atoms with E-state index in [1.54, 1.807) is 7.11 Å². The van der Waals surface area contributed by atoms with Gasteiger partial charge in [-0.15, -0.1) is 0 Å². The van der Waals surface area contributed by atoms with Crippen LogP contribution < -0.4 is 19.5 Å².